The zero-order valence-electron chi connectivity index (χ0n) is 12.4. The van der Waals surface area contributed by atoms with Gasteiger partial charge in [-0.15, -0.1) is 0 Å². The molecule has 114 valence electrons. The highest BCUT2D eigenvalue weighted by atomic mass is 16.5. The normalized spacial score (nSPS) is 9.91. The first-order valence-electron chi connectivity index (χ1n) is 6.73. The van der Waals surface area contributed by atoms with Crippen LogP contribution < -0.4 is 15.4 Å². The maximum Gasteiger partial charge on any atom is 0.253 e. The summed E-state index contributed by atoms with van der Waals surface area (Å²) in [5.74, 6) is -0.113. The summed E-state index contributed by atoms with van der Waals surface area (Å²) in [6.45, 7) is 1.78. The van der Waals surface area contributed by atoms with Crippen LogP contribution in [0.1, 0.15) is 15.9 Å². The molecular weight excluding hydrogens is 282 g/mol. The fourth-order valence-electron chi connectivity index (χ4n) is 1.87. The zero-order valence-corrected chi connectivity index (χ0v) is 12.4. The monoisotopic (exact) mass is 299 g/mol. The maximum atomic E-state index is 11.9. The molecule has 1 aromatic carbocycles. The fourth-order valence-corrected chi connectivity index (χ4v) is 1.87. The molecule has 0 aliphatic heterocycles. The van der Waals surface area contributed by atoms with Crippen molar-refractivity contribution in [3.63, 3.8) is 0 Å². The van der Waals surface area contributed by atoms with Crippen LogP contribution in [0.25, 0.3) is 0 Å². The van der Waals surface area contributed by atoms with Gasteiger partial charge in [0, 0.05) is 12.4 Å². The number of nitrogens with zero attached hydrogens (tertiary/aromatic N) is 1. The molecule has 0 bridgehead atoms. The fraction of sp³-hybridized carbons (Fsp3) is 0.188. The highest BCUT2D eigenvalue weighted by Crippen LogP contribution is 2.24. The van der Waals surface area contributed by atoms with Crippen molar-refractivity contribution in [3.05, 3.63) is 53.9 Å². The van der Waals surface area contributed by atoms with Crippen LogP contribution in [0.5, 0.6) is 5.75 Å². The molecule has 0 saturated heterocycles. The average Bonchev–Trinajstić information content (AvgIpc) is 2.53. The molecule has 2 aromatic rings. The molecule has 2 N–H and O–H groups in total. The Bertz CT molecular complexity index is 672. The molecule has 1 heterocycles. The number of benzene rings is 1. The molecule has 1 aromatic heterocycles. The first kappa shape index (κ1) is 15.5. The Balaban J connectivity index is 1.94. The summed E-state index contributed by atoms with van der Waals surface area (Å²) in [6.07, 6.45) is 3.02. The Labute approximate surface area is 128 Å². The molecule has 6 nitrogen and oxygen atoms in total. The van der Waals surface area contributed by atoms with Crippen molar-refractivity contribution in [2.24, 2.45) is 0 Å². The number of nitrogens with one attached hydrogen (secondary N) is 2. The molecule has 0 radical (unpaired) electrons. The summed E-state index contributed by atoms with van der Waals surface area (Å²) in [5, 5.41) is 5.25. The van der Waals surface area contributed by atoms with Gasteiger partial charge in [-0.2, -0.15) is 0 Å². The zero-order chi connectivity index (χ0) is 15.9. The largest absolute Gasteiger partial charge is 0.495 e. The van der Waals surface area contributed by atoms with E-state index >= 15 is 0 Å². The van der Waals surface area contributed by atoms with Crippen LogP contribution in [0.4, 0.5) is 5.69 Å². The van der Waals surface area contributed by atoms with Gasteiger partial charge in [-0.3, -0.25) is 14.6 Å². The smallest absolute Gasteiger partial charge is 0.253 e. The van der Waals surface area contributed by atoms with E-state index in [9.17, 15) is 9.59 Å². The van der Waals surface area contributed by atoms with Gasteiger partial charge in [0.1, 0.15) is 5.75 Å². The van der Waals surface area contributed by atoms with Gasteiger partial charge in [0.15, 0.2) is 0 Å². The van der Waals surface area contributed by atoms with Crippen LogP contribution in [0.3, 0.4) is 0 Å². The Morgan fingerprint density at radius 1 is 1.27 bits per heavy atom. The van der Waals surface area contributed by atoms with E-state index in [0.29, 0.717) is 17.0 Å². The number of hydrogen-bond donors (Lipinski definition) is 2. The van der Waals surface area contributed by atoms with Crippen LogP contribution >= 0.6 is 0 Å². The second kappa shape index (κ2) is 7.21. The number of carbonyl (C=O) groups is 2. The average molecular weight is 299 g/mol. The highest BCUT2D eigenvalue weighted by Gasteiger charge is 2.10. The summed E-state index contributed by atoms with van der Waals surface area (Å²) in [5.41, 5.74) is 1.97. The van der Waals surface area contributed by atoms with Gasteiger partial charge < -0.3 is 15.4 Å². The second-order valence-electron chi connectivity index (χ2n) is 4.68. The minimum Gasteiger partial charge on any atom is -0.495 e. The first-order valence-corrected chi connectivity index (χ1v) is 6.73. The van der Waals surface area contributed by atoms with E-state index in [2.05, 4.69) is 15.6 Å². The van der Waals surface area contributed by atoms with Gasteiger partial charge >= 0.3 is 0 Å². The van der Waals surface area contributed by atoms with Crippen molar-refractivity contribution in [2.75, 3.05) is 19.0 Å². The molecule has 2 amide bonds. The van der Waals surface area contributed by atoms with Crippen LogP contribution in [-0.4, -0.2) is 30.5 Å². The van der Waals surface area contributed by atoms with Gasteiger partial charge in [-0.25, -0.2) is 0 Å². The predicted octanol–water partition coefficient (Wildman–Crippen LogP) is 1.77. The van der Waals surface area contributed by atoms with Crippen LogP contribution in [0, 0.1) is 6.92 Å². The van der Waals surface area contributed by atoms with Gasteiger partial charge in [0.25, 0.3) is 5.91 Å². The standard InChI is InChI=1S/C16H17N3O3/c1-11-5-6-14(22-2)13(8-11)19-15(20)10-18-16(21)12-4-3-7-17-9-12/h3-9H,10H2,1-2H3,(H,18,21)(H,19,20). The van der Waals surface area contributed by atoms with Gasteiger partial charge in [0.05, 0.1) is 24.9 Å². The summed E-state index contributed by atoms with van der Waals surface area (Å²) < 4.78 is 5.19. The lowest BCUT2D eigenvalue weighted by Gasteiger charge is -2.11. The van der Waals surface area contributed by atoms with Crippen molar-refractivity contribution in [2.45, 2.75) is 6.92 Å². The van der Waals surface area contributed by atoms with Crippen LogP contribution in [0.2, 0.25) is 0 Å². The third kappa shape index (κ3) is 4.05. The number of ether oxygens (including phenoxy) is 1. The first-order chi connectivity index (χ1) is 10.6. The van der Waals surface area contributed by atoms with E-state index in [4.69, 9.17) is 4.74 Å². The molecule has 0 unspecified atom stereocenters. The quantitative estimate of drug-likeness (QED) is 0.881. The van der Waals surface area contributed by atoms with Gasteiger partial charge in [0.2, 0.25) is 5.91 Å². The van der Waals surface area contributed by atoms with E-state index in [1.54, 1.807) is 30.5 Å². The van der Waals surface area contributed by atoms with Gasteiger partial charge in [-0.1, -0.05) is 6.07 Å². The third-order valence-corrected chi connectivity index (χ3v) is 2.96. The van der Waals surface area contributed by atoms with Crippen molar-refractivity contribution in [1.82, 2.24) is 10.3 Å². The lowest BCUT2D eigenvalue weighted by Crippen LogP contribution is -2.33. The molecule has 22 heavy (non-hydrogen) atoms. The molecule has 0 aliphatic rings. The Morgan fingerprint density at radius 3 is 2.77 bits per heavy atom. The summed E-state index contributed by atoms with van der Waals surface area (Å²) in [4.78, 5) is 27.6. The van der Waals surface area contributed by atoms with Crippen molar-refractivity contribution >= 4 is 17.5 Å². The van der Waals surface area contributed by atoms with E-state index < -0.39 is 0 Å². The minimum atomic E-state index is -0.348. The number of amides is 2. The van der Waals surface area contributed by atoms with E-state index in [1.165, 1.54) is 13.3 Å². The molecular formula is C16H17N3O3. The van der Waals surface area contributed by atoms with Crippen LogP contribution in [0.15, 0.2) is 42.7 Å². The number of aryl methyl sites for hydroxylation is 1. The molecule has 6 heteroatoms. The predicted molar refractivity (Wildman–Crippen MR) is 82.9 cm³/mol. The van der Waals surface area contributed by atoms with Crippen molar-refractivity contribution in [1.29, 1.82) is 0 Å². The van der Waals surface area contributed by atoms with E-state index in [-0.39, 0.29) is 18.4 Å². The Morgan fingerprint density at radius 2 is 2.09 bits per heavy atom. The minimum absolute atomic E-state index is 0.134. The Kier molecular flexibility index (Phi) is 5.08. The third-order valence-electron chi connectivity index (χ3n) is 2.96. The van der Waals surface area contributed by atoms with Crippen molar-refractivity contribution in [3.8, 4) is 5.75 Å². The number of pyridine rings is 1. The molecule has 0 saturated carbocycles. The molecule has 0 fully saturated rings. The van der Waals surface area contributed by atoms with Crippen LogP contribution in [-0.2, 0) is 4.79 Å². The number of anilines is 1. The summed E-state index contributed by atoms with van der Waals surface area (Å²) >= 11 is 0. The number of aromatic nitrogens is 1. The molecule has 0 spiro atoms. The molecule has 2 rings (SSSR count). The van der Waals surface area contributed by atoms with Gasteiger partial charge in [-0.05, 0) is 36.8 Å². The molecule has 0 aliphatic carbocycles. The molecule has 0 atom stereocenters. The summed E-state index contributed by atoms with van der Waals surface area (Å²) in [6, 6.07) is 8.76. The Hall–Kier alpha value is -2.89. The second-order valence-corrected chi connectivity index (χ2v) is 4.68. The number of carbonyl (C=O) groups excluding carboxylic acids is 2. The SMILES string of the molecule is COc1ccc(C)cc1NC(=O)CNC(=O)c1cccnc1. The number of rotatable bonds is 5. The summed E-state index contributed by atoms with van der Waals surface area (Å²) in [7, 11) is 1.53. The highest BCUT2D eigenvalue weighted by molar-refractivity contribution is 5.99. The van der Waals surface area contributed by atoms with E-state index in [0.717, 1.165) is 5.56 Å². The topological polar surface area (TPSA) is 80.3 Å². The van der Waals surface area contributed by atoms with Crippen molar-refractivity contribution < 1.29 is 14.3 Å². The van der Waals surface area contributed by atoms with E-state index in [1.807, 2.05) is 13.0 Å². The number of methoxy groups -OCH3 is 1. The lowest BCUT2D eigenvalue weighted by molar-refractivity contribution is -0.115. The maximum absolute atomic E-state index is 11.9. The lowest BCUT2D eigenvalue weighted by atomic mass is 10.2. The number of hydrogen-bond acceptors (Lipinski definition) is 4.